The number of rotatable bonds is 6. The third-order valence-electron chi connectivity index (χ3n) is 2.45. The van der Waals surface area contributed by atoms with Crippen LogP contribution >= 0.6 is 0 Å². The van der Waals surface area contributed by atoms with E-state index in [2.05, 4.69) is 0 Å². The van der Waals surface area contributed by atoms with Crippen LogP contribution in [0.3, 0.4) is 0 Å². The van der Waals surface area contributed by atoms with Crippen molar-refractivity contribution < 1.29 is 22.3 Å². The first-order valence-electron chi connectivity index (χ1n) is 5.19. The van der Waals surface area contributed by atoms with Crippen molar-refractivity contribution in [2.45, 2.75) is 11.2 Å². The Labute approximate surface area is 106 Å². The van der Waals surface area contributed by atoms with Gasteiger partial charge in [0.25, 0.3) is 0 Å². The fourth-order valence-electron chi connectivity index (χ4n) is 1.34. The van der Waals surface area contributed by atoms with Gasteiger partial charge in [-0.1, -0.05) is 0 Å². The van der Waals surface area contributed by atoms with Gasteiger partial charge in [0.2, 0.25) is 10.0 Å². The van der Waals surface area contributed by atoms with Crippen LogP contribution in [-0.2, 0) is 19.5 Å². The van der Waals surface area contributed by atoms with Gasteiger partial charge >= 0.3 is 0 Å². The molecule has 0 aromatic heterocycles. The van der Waals surface area contributed by atoms with E-state index in [4.69, 9.17) is 9.47 Å². The molecule has 0 saturated carbocycles. The number of methoxy groups -OCH3 is 2. The molecular formula is C11H16FNO4S. The predicted molar refractivity (Wildman–Crippen MR) is 64.0 cm³/mol. The van der Waals surface area contributed by atoms with E-state index < -0.39 is 22.1 Å². The molecule has 0 heterocycles. The summed E-state index contributed by atoms with van der Waals surface area (Å²) in [6, 6.07) is 4.64. The van der Waals surface area contributed by atoms with Crippen molar-refractivity contribution in [3.05, 3.63) is 30.1 Å². The van der Waals surface area contributed by atoms with Crippen LogP contribution in [-0.4, -0.2) is 46.8 Å². The van der Waals surface area contributed by atoms with E-state index in [9.17, 15) is 12.8 Å². The minimum Gasteiger partial charge on any atom is -0.355 e. The molecule has 0 aliphatic carbocycles. The second-order valence-electron chi connectivity index (χ2n) is 3.64. The van der Waals surface area contributed by atoms with Crippen LogP contribution in [0.25, 0.3) is 0 Å². The van der Waals surface area contributed by atoms with E-state index in [0.29, 0.717) is 0 Å². The molecule has 1 aromatic rings. The minimum atomic E-state index is -3.66. The Balaban J connectivity index is 2.89. The highest BCUT2D eigenvalue weighted by Crippen LogP contribution is 2.15. The van der Waals surface area contributed by atoms with E-state index in [1.54, 1.807) is 0 Å². The number of ether oxygens (including phenoxy) is 2. The van der Waals surface area contributed by atoms with E-state index in [0.717, 1.165) is 16.4 Å². The third kappa shape index (κ3) is 3.49. The maximum Gasteiger partial charge on any atom is 0.242 e. The van der Waals surface area contributed by atoms with Crippen molar-refractivity contribution in [2.24, 2.45) is 0 Å². The topological polar surface area (TPSA) is 55.8 Å². The van der Waals surface area contributed by atoms with Crippen molar-refractivity contribution in [2.75, 3.05) is 27.8 Å². The highest BCUT2D eigenvalue weighted by molar-refractivity contribution is 7.89. The molecule has 1 aromatic carbocycles. The van der Waals surface area contributed by atoms with Crippen molar-refractivity contribution in [3.63, 3.8) is 0 Å². The molecule has 0 N–H and O–H groups in total. The second-order valence-corrected chi connectivity index (χ2v) is 5.69. The summed E-state index contributed by atoms with van der Waals surface area (Å²) in [5.41, 5.74) is 0. The molecule has 0 aliphatic rings. The molecule has 0 radical (unpaired) electrons. The van der Waals surface area contributed by atoms with Crippen molar-refractivity contribution in [1.29, 1.82) is 0 Å². The first kappa shape index (κ1) is 15.0. The lowest BCUT2D eigenvalue weighted by atomic mass is 10.4. The summed E-state index contributed by atoms with van der Waals surface area (Å²) < 4.78 is 47.9. The molecule has 0 spiro atoms. The van der Waals surface area contributed by atoms with Gasteiger partial charge in [-0.05, 0) is 24.3 Å². The summed E-state index contributed by atoms with van der Waals surface area (Å²) >= 11 is 0. The smallest absolute Gasteiger partial charge is 0.242 e. The Hall–Kier alpha value is -1.02. The number of hydrogen-bond donors (Lipinski definition) is 0. The van der Waals surface area contributed by atoms with Crippen LogP contribution in [0.2, 0.25) is 0 Å². The maximum absolute atomic E-state index is 12.7. The van der Waals surface area contributed by atoms with Gasteiger partial charge in [-0.25, -0.2) is 12.8 Å². The SMILES string of the molecule is COC(CN(C)S(=O)(=O)c1ccc(F)cc1)OC. The molecule has 0 amide bonds. The van der Waals surface area contributed by atoms with E-state index in [-0.39, 0.29) is 11.4 Å². The monoisotopic (exact) mass is 277 g/mol. The van der Waals surface area contributed by atoms with Crippen LogP contribution in [0.5, 0.6) is 0 Å². The van der Waals surface area contributed by atoms with Crippen molar-refractivity contribution in [1.82, 2.24) is 4.31 Å². The highest BCUT2D eigenvalue weighted by Gasteiger charge is 2.23. The summed E-state index contributed by atoms with van der Waals surface area (Å²) in [5.74, 6) is -0.483. The molecule has 0 saturated heterocycles. The second kappa shape index (κ2) is 6.24. The van der Waals surface area contributed by atoms with Gasteiger partial charge in [0.1, 0.15) is 5.82 Å². The molecule has 0 bridgehead atoms. The summed E-state index contributed by atoms with van der Waals surface area (Å²) in [7, 11) is 0.588. The average Bonchev–Trinajstić information content (AvgIpc) is 2.36. The molecule has 0 unspecified atom stereocenters. The molecule has 102 valence electrons. The van der Waals surface area contributed by atoms with Gasteiger partial charge < -0.3 is 9.47 Å². The molecule has 1 rings (SSSR count). The van der Waals surface area contributed by atoms with Crippen LogP contribution in [0, 0.1) is 5.82 Å². The Morgan fingerprint density at radius 1 is 1.22 bits per heavy atom. The minimum absolute atomic E-state index is 0.0253. The lowest BCUT2D eigenvalue weighted by Gasteiger charge is -2.21. The number of likely N-dealkylation sites (N-methyl/N-ethyl adjacent to an activating group) is 1. The lowest BCUT2D eigenvalue weighted by Crippen LogP contribution is -2.36. The summed E-state index contributed by atoms with van der Waals surface area (Å²) in [5, 5.41) is 0. The molecule has 0 aliphatic heterocycles. The Kier molecular flexibility index (Phi) is 5.21. The molecular weight excluding hydrogens is 261 g/mol. The van der Waals surface area contributed by atoms with Crippen molar-refractivity contribution in [3.8, 4) is 0 Å². The standard InChI is InChI=1S/C11H16FNO4S/c1-13(8-11(16-2)17-3)18(14,15)10-6-4-9(12)5-7-10/h4-7,11H,8H2,1-3H3. The van der Waals surface area contributed by atoms with Gasteiger partial charge in [-0.3, -0.25) is 0 Å². The Morgan fingerprint density at radius 3 is 2.17 bits per heavy atom. The zero-order valence-corrected chi connectivity index (χ0v) is 11.3. The number of nitrogens with zero attached hydrogens (tertiary/aromatic N) is 1. The van der Waals surface area contributed by atoms with E-state index in [1.807, 2.05) is 0 Å². The van der Waals surface area contributed by atoms with Crippen LogP contribution in [0.1, 0.15) is 0 Å². The number of benzene rings is 1. The van der Waals surface area contributed by atoms with Crippen LogP contribution < -0.4 is 0 Å². The van der Waals surface area contributed by atoms with E-state index in [1.165, 1.54) is 33.4 Å². The largest absolute Gasteiger partial charge is 0.355 e. The van der Waals surface area contributed by atoms with Gasteiger partial charge in [0, 0.05) is 21.3 Å². The van der Waals surface area contributed by atoms with Gasteiger partial charge in [-0.2, -0.15) is 4.31 Å². The maximum atomic E-state index is 12.7. The quantitative estimate of drug-likeness (QED) is 0.730. The van der Waals surface area contributed by atoms with Crippen LogP contribution in [0.4, 0.5) is 4.39 Å². The number of hydrogen-bond acceptors (Lipinski definition) is 4. The third-order valence-corrected chi connectivity index (χ3v) is 4.29. The summed E-state index contributed by atoms with van der Waals surface area (Å²) in [6.07, 6.45) is -0.648. The number of sulfonamides is 1. The molecule has 0 fully saturated rings. The number of halogens is 1. The fourth-order valence-corrected chi connectivity index (χ4v) is 2.50. The fraction of sp³-hybridized carbons (Fsp3) is 0.455. The highest BCUT2D eigenvalue weighted by atomic mass is 32.2. The normalized spacial score (nSPS) is 12.3. The van der Waals surface area contributed by atoms with Gasteiger partial charge in [0.15, 0.2) is 6.29 Å². The molecule has 5 nitrogen and oxygen atoms in total. The van der Waals surface area contributed by atoms with Gasteiger partial charge in [0.05, 0.1) is 11.4 Å². The van der Waals surface area contributed by atoms with Crippen LogP contribution in [0.15, 0.2) is 29.2 Å². The Bertz CT molecular complexity index is 470. The Morgan fingerprint density at radius 2 is 1.72 bits per heavy atom. The predicted octanol–water partition coefficient (Wildman–Crippen LogP) is 1.07. The first-order chi connectivity index (χ1) is 8.41. The summed E-state index contributed by atoms with van der Waals surface area (Å²) in [6.45, 7) is 0.0483. The zero-order chi connectivity index (χ0) is 13.8. The summed E-state index contributed by atoms with van der Waals surface area (Å²) in [4.78, 5) is 0.0253. The van der Waals surface area contributed by atoms with Gasteiger partial charge in [-0.15, -0.1) is 0 Å². The first-order valence-corrected chi connectivity index (χ1v) is 6.63. The van der Waals surface area contributed by atoms with Crippen molar-refractivity contribution >= 4 is 10.0 Å². The molecule has 0 atom stereocenters. The molecule has 7 heteroatoms. The molecule has 18 heavy (non-hydrogen) atoms. The zero-order valence-electron chi connectivity index (χ0n) is 10.5. The lowest BCUT2D eigenvalue weighted by molar-refractivity contribution is -0.106. The average molecular weight is 277 g/mol. The van der Waals surface area contributed by atoms with E-state index >= 15 is 0 Å².